The van der Waals surface area contributed by atoms with E-state index in [4.69, 9.17) is 4.74 Å². The Hall–Kier alpha value is -1.62. The highest BCUT2D eigenvalue weighted by atomic mass is 32.1. The number of hydrogen-bond donors (Lipinski definition) is 1. The predicted molar refractivity (Wildman–Crippen MR) is 74.3 cm³/mol. The molecule has 0 unspecified atom stereocenters. The fraction of sp³-hybridized carbons (Fsp3) is 0.385. The number of ether oxygens (including phenoxy) is 1. The second-order valence-electron chi connectivity index (χ2n) is 3.96. The molecule has 0 amide bonds. The molecule has 2 heterocycles. The molecule has 0 saturated carbocycles. The molecule has 0 spiro atoms. The van der Waals surface area contributed by atoms with E-state index in [0.717, 1.165) is 6.54 Å². The number of rotatable bonds is 5. The summed E-state index contributed by atoms with van der Waals surface area (Å²) in [6.45, 7) is 7.55. The fourth-order valence-electron chi connectivity index (χ4n) is 1.56. The molecule has 2 aromatic rings. The number of nitrogens with zero attached hydrogens (tertiary/aromatic N) is 2. The average molecular weight is 263 g/mol. The van der Waals surface area contributed by atoms with Gasteiger partial charge in [-0.2, -0.15) is 4.98 Å². The predicted octanol–water partition coefficient (Wildman–Crippen LogP) is 3.17. The topological polar surface area (TPSA) is 47.0 Å². The van der Waals surface area contributed by atoms with Crippen molar-refractivity contribution in [2.24, 2.45) is 0 Å². The summed E-state index contributed by atoms with van der Waals surface area (Å²) in [6, 6.07) is 3.95. The Bertz CT molecular complexity index is 505. The maximum absolute atomic E-state index is 5.33. The number of aryl methyl sites for hydroxylation is 2. The van der Waals surface area contributed by atoms with Crippen LogP contribution in [0.3, 0.4) is 0 Å². The fourth-order valence-corrected chi connectivity index (χ4v) is 2.55. The van der Waals surface area contributed by atoms with Gasteiger partial charge < -0.3 is 10.1 Å². The molecule has 0 aromatic carbocycles. The van der Waals surface area contributed by atoms with Gasteiger partial charge in [0, 0.05) is 22.0 Å². The zero-order chi connectivity index (χ0) is 13.0. The Morgan fingerprint density at radius 2 is 2.22 bits per heavy atom. The minimum atomic E-state index is 0.602. The molecule has 0 radical (unpaired) electrons. The molecule has 1 N–H and O–H groups in total. The van der Waals surface area contributed by atoms with Crippen LogP contribution in [-0.2, 0) is 6.54 Å². The monoisotopic (exact) mass is 263 g/mol. The molecule has 0 aliphatic carbocycles. The Morgan fingerprint density at radius 1 is 1.39 bits per heavy atom. The molecule has 2 rings (SSSR count). The van der Waals surface area contributed by atoms with Crippen LogP contribution in [0.5, 0.6) is 5.88 Å². The van der Waals surface area contributed by atoms with Gasteiger partial charge in [0.1, 0.15) is 0 Å². The lowest BCUT2D eigenvalue weighted by Gasteiger charge is -2.05. The van der Waals surface area contributed by atoms with Crippen molar-refractivity contribution >= 4 is 17.3 Å². The number of hydrogen-bond acceptors (Lipinski definition) is 5. The SMILES string of the molecule is CCOc1ccnc(NCc2cc(C)c(C)s2)n1. The summed E-state index contributed by atoms with van der Waals surface area (Å²) in [5.74, 6) is 1.21. The number of anilines is 1. The van der Waals surface area contributed by atoms with Gasteiger partial charge in [0.2, 0.25) is 11.8 Å². The first-order chi connectivity index (χ1) is 8.69. The van der Waals surface area contributed by atoms with E-state index in [1.54, 1.807) is 23.6 Å². The summed E-state index contributed by atoms with van der Waals surface area (Å²) in [5, 5.41) is 3.21. The quantitative estimate of drug-likeness (QED) is 0.900. The minimum absolute atomic E-state index is 0.602. The largest absolute Gasteiger partial charge is 0.478 e. The molecular formula is C13H17N3OS. The lowest BCUT2D eigenvalue weighted by atomic mass is 10.3. The molecule has 0 fully saturated rings. The van der Waals surface area contributed by atoms with E-state index in [1.165, 1.54) is 15.3 Å². The van der Waals surface area contributed by atoms with Gasteiger partial charge in [0.15, 0.2) is 0 Å². The van der Waals surface area contributed by atoms with Crippen LogP contribution in [0, 0.1) is 13.8 Å². The molecule has 0 aliphatic heterocycles. The van der Waals surface area contributed by atoms with Crippen LogP contribution in [0.25, 0.3) is 0 Å². The Morgan fingerprint density at radius 3 is 2.89 bits per heavy atom. The van der Waals surface area contributed by atoms with Crippen molar-refractivity contribution in [2.45, 2.75) is 27.3 Å². The van der Waals surface area contributed by atoms with Crippen molar-refractivity contribution in [1.29, 1.82) is 0 Å². The molecule has 4 nitrogen and oxygen atoms in total. The maximum Gasteiger partial charge on any atom is 0.226 e. The van der Waals surface area contributed by atoms with Crippen LogP contribution in [0.4, 0.5) is 5.95 Å². The van der Waals surface area contributed by atoms with Crippen molar-refractivity contribution in [3.05, 3.63) is 33.6 Å². The first kappa shape index (κ1) is 12.8. The summed E-state index contributed by atoms with van der Waals surface area (Å²) in [4.78, 5) is 11.1. The van der Waals surface area contributed by atoms with Gasteiger partial charge in [0.25, 0.3) is 0 Å². The van der Waals surface area contributed by atoms with Crippen LogP contribution < -0.4 is 10.1 Å². The van der Waals surface area contributed by atoms with Crippen LogP contribution >= 0.6 is 11.3 Å². The molecule has 0 bridgehead atoms. The van der Waals surface area contributed by atoms with Crippen molar-refractivity contribution in [1.82, 2.24) is 9.97 Å². The maximum atomic E-state index is 5.33. The van der Waals surface area contributed by atoms with E-state index in [9.17, 15) is 0 Å². The molecular weight excluding hydrogens is 246 g/mol. The highest BCUT2D eigenvalue weighted by Gasteiger charge is 2.03. The molecule has 96 valence electrons. The molecule has 2 aromatic heterocycles. The summed E-state index contributed by atoms with van der Waals surface area (Å²) in [7, 11) is 0. The summed E-state index contributed by atoms with van der Waals surface area (Å²) in [5.41, 5.74) is 1.33. The molecule has 0 atom stereocenters. The second kappa shape index (κ2) is 5.82. The van der Waals surface area contributed by atoms with E-state index in [2.05, 4.69) is 35.2 Å². The van der Waals surface area contributed by atoms with E-state index < -0.39 is 0 Å². The smallest absolute Gasteiger partial charge is 0.226 e. The Balaban J connectivity index is 1.99. The van der Waals surface area contributed by atoms with Crippen molar-refractivity contribution in [3.8, 4) is 5.88 Å². The highest BCUT2D eigenvalue weighted by molar-refractivity contribution is 7.12. The van der Waals surface area contributed by atoms with E-state index in [-0.39, 0.29) is 0 Å². The van der Waals surface area contributed by atoms with Crippen LogP contribution in [0.1, 0.15) is 22.2 Å². The zero-order valence-electron chi connectivity index (χ0n) is 10.9. The number of nitrogens with one attached hydrogen (secondary N) is 1. The summed E-state index contributed by atoms with van der Waals surface area (Å²) >= 11 is 1.80. The average Bonchev–Trinajstić information content (AvgIpc) is 2.67. The number of aromatic nitrogens is 2. The third-order valence-corrected chi connectivity index (χ3v) is 3.71. The first-order valence-electron chi connectivity index (χ1n) is 5.94. The van der Waals surface area contributed by atoms with E-state index in [0.29, 0.717) is 18.4 Å². The van der Waals surface area contributed by atoms with E-state index in [1.807, 2.05) is 6.92 Å². The minimum Gasteiger partial charge on any atom is -0.478 e. The van der Waals surface area contributed by atoms with Gasteiger partial charge in [-0.25, -0.2) is 4.98 Å². The lowest BCUT2D eigenvalue weighted by Crippen LogP contribution is -2.03. The molecule has 0 aliphatic rings. The summed E-state index contributed by atoms with van der Waals surface area (Å²) in [6.07, 6.45) is 1.70. The first-order valence-corrected chi connectivity index (χ1v) is 6.76. The Kier molecular flexibility index (Phi) is 4.15. The van der Waals surface area contributed by atoms with Crippen molar-refractivity contribution < 1.29 is 4.74 Å². The van der Waals surface area contributed by atoms with Gasteiger partial charge >= 0.3 is 0 Å². The summed E-state index contributed by atoms with van der Waals surface area (Å²) < 4.78 is 5.33. The van der Waals surface area contributed by atoms with Crippen LogP contribution in [-0.4, -0.2) is 16.6 Å². The lowest BCUT2D eigenvalue weighted by molar-refractivity contribution is 0.326. The van der Waals surface area contributed by atoms with Gasteiger partial charge in [-0.15, -0.1) is 11.3 Å². The van der Waals surface area contributed by atoms with Gasteiger partial charge in [-0.05, 0) is 32.4 Å². The van der Waals surface area contributed by atoms with Crippen molar-refractivity contribution in [2.75, 3.05) is 11.9 Å². The normalized spacial score (nSPS) is 10.4. The zero-order valence-corrected chi connectivity index (χ0v) is 11.7. The third kappa shape index (κ3) is 3.20. The van der Waals surface area contributed by atoms with Crippen LogP contribution in [0.15, 0.2) is 18.3 Å². The standard InChI is InChI=1S/C13H17N3OS/c1-4-17-12-5-6-14-13(16-12)15-8-11-7-9(2)10(3)18-11/h5-7H,4,8H2,1-3H3,(H,14,15,16). The van der Waals surface area contributed by atoms with Gasteiger partial charge in [0.05, 0.1) is 13.2 Å². The molecule has 0 saturated heterocycles. The highest BCUT2D eigenvalue weighted by Crippen LogP contribution is 2.21. The Labute approximate surface area is 111 Å². The molecule has 5 heteroatoms. The van der Waals surface area contributed by atoms with Gasteiger partial charge in [-0.1, -0.05) is 0 Å². The van der Waals surface area contributed by atoms with Crippen molar-refractivity contribution in [3.63, 3.8) is 0 Å². The van der Waals surface area contributed by atoms with E-state index >= 15 is 0 Å². The number of thiophene rings is 1. The van der Waals surface area contributed by atoms with Gasteiger partial charge in [-0.3, -0.25) is 0 Å². The van der Waals surface area contributed by atoms with Crippen LogP contribution in [0.2, 0.25) is 0 Å². The third-order valence-electron chi connectivity index (χ3n) is 2.56. The second-order valence-corrected chi connectivity index (χ2v) is 5.30. The molecule has 18 heavy (non-hydrogen) atoms.